The van der Waals surface area contributed by atoms with Gasteiger partial charge >= 0.3 is 11.9 Å². The minimum atomic E-state index is -0.314. The van der Waals surface area contributed by atoms with E-state index in [9.17, 15) is 9.59 Å². The van der Waals surface area contributed by atoms with Crippen LogP contribution in [0.25, 0.3) is 0 Å². The Morgan fingerprint density at radius 2 is 1.86 bits per heavy atom. The number of rotatable bonds is 2. The van der Waals surface area contributed by atoms with E-state index >= 15 is 0 Å². The summed E-state index contributed by atoms with van der Waals surface area (Å²) in [5, 5.41) is 0. The third kappa shape index (κ3) is 3.24. The Morgan fingerprint density at radius 3 is 2.54 bits per heavy atom. The van der Waals surface area contributed by atoms with E-state index in [-0.39, 0.29) is 23.5 Å². The van der Waals surface area contributed by atoms with Crippen LogP contribution in [0.1, 0.15) is 69.9 Å². The van der Waals surface area contributed by atoms with Crippen molar-refractivity contribution in [3.63, 3.8) is 0 Å². The van der Waals surface area contributed by atoms with Gasteiger partial charge in [0, 0.05) is 19.3 Å². The van der Waals surface area contributed by atoms with Gasteiger partial charge in [-0.25, -0.2) is 0 Å². The Kier molecular flexibility index (Phi) is 5.41. The third-order valence-electron chi connectivity index (χ3n) is 7.34. The minimum absolute atomic E-state index is 0.0576. The van der Waals surface area contributed by atoms with Gasteiger partial charge in [0.15, 0.2) is 5.75 Å². The molecule has 1 unspecified atom stereocenters. The van der Waals surface area contributed by atoms with Crippen molar-refractivity contribution in [3.8, 4) is 5.75 Å². The monoisotopic (exact) mass is 512 g/mol. The van der Waals surface area contributed by atoms with Crippen LogP contribution in [-0.2, 0) is 20.7 Å². The van der Waals surface area contributed by atoms with E-state index in [1.54, 1.807) is 0 Å². The topological polar surface area (TPSA) is 52.6 Å². The van der Waals surface area contributed by atoms with Crippen molar-refractivity contribution in [2.24, 2.45) is 17.3 Å². The minimum Gasteiger partial charge on any atom is -0.462 e. The first-order valence-corrected chi connectivity index (χ1v) is 11.7. The number of hydrogen-bond acceptors (Lipinski definition) is 4. The second kappa shape index (κ2) is 7.42. The maximum Gasteiger partial charge on any atom is 0.308 e. The van der Waals surface area contributed by atoms with Gasteiger partial charge < -0.3 is 9.47 Å². The summed E-state index contributed by atoms with van der Waals surface area (Å²) < 4.78 is 12.9. The van der Waals surface area contributed by atoms with Crippen LogP contribution in [0.3, 0.4) is 0 Å². The quantitative estimate of drug-likeness (QED) is 0.363. The lowest BCUT2D eigenvalue weighted by molar-refractivity contribution is -0.154. The van der Waals surface area contributed by atoms with Gasteiger partial charge in [-0.2, -0.15) is 0 Å². The molecule has 0 N–H and O–H groups in total. The Morgan fingerprint density at radius 1 is 1.11 bits per heavy atom. The number of carbonyl (C=O) groups is 2. The summed E-state index contributed by atoms with van der Waals surface area (Å²) in [5.74, 6) is 1.83. The lowest BCUT2D eigenvalue weighted by Gasteiger charge is -2.50. The van der Waals surface area contributed by atoms with Crippen molar-refractivity contribution in [1.82, 2.24) is 0 Å². The average Bonchev–Trinajstić information content (AvgIpc) is 2.94. The van der Waals surface area contributed by atoms with Crippen LogP contribution >= 0.6 is 31.9 Å². The molecule has 4 rings (SSSR count). The molecule has 0 aromatic heterocycles. The molecule has 0 spiro atoms. The number of halogens is 2. The van der Waals surface area contributed by atoms with Crippen LogP contribution in [0.2, 0.25) is 0 Å². The highest BCUT2D eigenvalue weighted by Gasteiger charge is 2.56. The Balaban J connectivity index is 1.66. The van der Waals surface area contributed by atoms with E-state index in [2.05, 4.69) is 44.8 Å². The molecule has 0 heterocycles. The fourth-order valence-corrected chi connectivity index (χ4v) is 7.73. The summed E-state index contributed by atoms with van der Waals surface area (Å²) in [6.07, 6.45) is 6.47. The van der Waals surface area contributed by atoms with Gasteiger partial charge in [-0.3, -0.25) is 9.59 Å². The first-order valence-electron chi connectivity index (χ1n) is 10.1. The molecule has 2 saturated carbocycles. The van der Waals surface area contributed by atoms with Crippen molar-refractivity contribution in [2.45, 2.75) is 71.3 Å². The number of carbonyl (C=O) groups excluding carboxylic acids is 2. The highest BCUT2D eigenvalue weighted by Crippen LogP contribution is 2.62. The molecule has 152 valence electrons. The molecule has 5 atom stereocenters. The van der Waals surface area contributed by atoms with Crippen molar-refractivity contribution in [3.05, 3.63) is 26.1 Å². The summed E-state index contributed by atoms with van der Waals surface area (Å²) in [7, 11) is 0. The maximum absolute atomic E-state index is 11.6. The fraction of sp³-hybridized carbons (Fsp3) is 0.636. The molecular weight excluding hydrogens is 488 g/mol. The van der Waals surface area contributed by atoms with Crippen molar-refractivity contribution in [2.75, 3.05) is 0 Å². The first-order chi connectivity index (χ1) is 13.2. The second-order valence-corrected chi connectivity index (χ2v) is 10.4. The molecule has 3 aliphatic carbocycles. The normalized spacial score (nSPS) is 33.5. The van der Waals surface area contributed by atoms with Crippen LogP contribution in [0, 0.1) is 17.3 Å². The van der Waals surface area contributed by atoms with E-state index in [0.717, 1.165) is 47.5 Å². The lowest BCUT2D eigenvalue weighted by atomic mass is 9.55. The van der Waals surface area contributed by atoms with Gasteiger partial charge in [0.2, 0.25) is 0 Å². The average molecular weight is 514 g/mol. The van der Waals surface area contributed by atoms with Crippen LogP contribution < -0.4 is 4.74 Å². The largest absolute Gasteiger partial charge is 0.462 e. The van der Waals surface area contributed by atoms with Crippen molar-refractivity contribution < 1.29 is 19.1 Å². The predicted molar refractivity (Wildman–Crippen MR) is 113 cm³/mol. The molecule has 3 aliphatic rings. The Labute approximate surface area is 183 Å². The molecule has 0 aliphatic heterocycles. The number of ether oxygens (including phenoxy) is 2. The van der Waals surface area contributed by atoms with Crippen LogP contribution in [0.4, 0.5) is 0 Å². The molecule has 0 radical (unpaired) electrons. The molecular formula is C22H26Br2O4. The molecule has 0 bridgehead atoms. The zero-order valence-electron chi connectivity index (χ0n) is 16.5. The van der Waals surface area contributed by atoms with Crippen molar-refractivity contribution >= 4 is 43.8 Å². The number of benzene rings is 1. The SMILES string of the molecule is CC(=O)Oc1c(Br)cc2c(c1Br)CCC1[C@H]3CC[C@@H](OC(C)=O)[C@]3(C)CC[C@@H]21. The highest BCUT2D eigenvalue weighted by atomic mass is 79.9. The van der Waals surface area contributed by atoms with E-state index in [4.69, 9.17) is 9.47 Å². The molecule has 4 nitrogen and oxygen atoms in total. The van der Waals surface area contributed by atoms with Crippen LogP contribution in [-0.4, -0.2) is 18.0 Å². The molecule has 28 heavy (non-hydrogen) atoms. The Bertz CT molecular complexity index is 836. The van der Waals surface area contributed by atoms with Gasteiger partial charge in [-0.1, -0.05) is 6.92 Å². The van der Waals surface area contributed by atoms with Gasteiger partial charge in [0.1, 0.15) is 6.10 Å². The second-order valence-electron chi connectivity index (χ2n) is 8.80. The lowest BCUT2D eigenvalue weighted by Crippen LogP contribution is -2.45. The molecule has 0 saturated heterocycles. The summed E-state index contributed by atoms with van der Waals surface area (Å²) in [6.45, 7) is 5.28. The summed E-state index contributed by atoms with van der Waals surface area (Å²) in [4.78, 5) is 23.1. The third-order valence-corrected chi connectivity index (χ3v) is 8.77. The van der Waals surface area contributed by atoms with Crippen LogP contribution in [0.5, 0.6) is 5.75 Å². The van der Waals surface area contributed by atoms with Gasteiger partial charge in [0.25, 0.3) is 0 Å². The summed E-state index contributed by atoms with van der Waals surface area (Å²) >= 11 is 7.31. The fourth-order valence-electron chi connectivity index (χ4n) is 6.21. The number of esters is 2. The summed E-state index contributed by atoms with van der Waals surface area (Å²) in [6, 6.07) is 2.16. The summed E-state index contributed by atoms with van der Waals surface area (Å²) in [5.41, 5.74) is 2.75. The maximum atomic E-state index is 11.6. The Hall–Kier alpha value is -0.880. The van der Waals surface area contributed by atoms with E-state index in [1.165, 1.54) is 25.0 Å². The molecule has 6 heteroatoms. The molecule has 2 fully saturated rings. The standard InChI is InChI=1S/C22H26Br2O4/c1-11(25)27-19-7-6-17-14-4-5-15-16(13(14)8-9-22(17,19)3)10-18(23)21(20(15)24)28-12(2)26/h10,13-14,17,19H,4-9H2,1-3H3/t13-,14?,17-,19-,22-/m1/s1. The molecule has 1 aromatic rings. The number of fused-ring (bicyclic) bond motifs is 5. The van der Waals surface area contributed by atoms with E-state index in [0.29, 0.717) is 23.5 Å². The first kappa shape index (κ1) is 20.4. The number of hydrogen-bond donors (Lipinski definition) is 0. The molecule has 1 aromatic carbocycles. The molecule has 0 amide bonds. The van der Waals surface area contributed by atoms with E-state index < -0.39 is 0 Å². The zero-order valence-corrected chi connectivity index (χ0v) is 19.7. The van der Waals surface area contributed by atoms with Crippen molar-refractivity contribution in [1.29, 1.82) is 0 Å². The van der Waals surface area contributed by atoms with Gasteiger partial charge in [-0.05, 0) is 105 Å². The zero-order chi connectivity index (χ0) is 20.2. The van der Waals surface area contributed by atoms with Gasteiger partial charge in [0.05, 0.1) is 8.95 Å². The van der Waals surface area contributed by atoms with E-state index in [1.807, 2.05) is 0 Å². The van der Waals surface area contributed by atoms with Gasteiger partial charge in [-0.15, -0.1) is 0 Å². The predicted octanol–water partition coefficient (Wildman–Crippen LogP) is 5.92. The smallest absolute Gasteiger partial charge is 0.308 e. The van der Waals surface area contributed by atoms with Crippen LogP contribution in [0.15, 0.2) is 15.0 Å². The highest BCUT2D eigenvalue weighted by molar-refractivity contribution is 9.11.